The van der Waals surface area contributed by atoms with E-state index >= 15 is 0 Å². The highest BCUT2D eigenvalue weighted by Crippen LogP contribution is 2.19. The van der Waals surface area contributed by atoms with Gasteiger partial charge in [-0.15, -0.1) is 0 Å². The van der Waals surface area contributed by atoms with E-state index in [1.807, 2.05) is 0 Å². The molecular formula is C18H38N2O. The molecule has 0 aliphatic heterocycles. The Labute approximate surface area is 132 Å². The Balaban J connectivity index is 1.82. The van der Waals surface area contributed by atoms with E-state index in [1.165, 1.54) is 64.2 Å². The Morgan fingerprint density at radius 3 is 1.95 bits per heavy atom. The molecule has 0 heterocycles. The first-order chi connectivity index (χ1) is 10.2. The summed E-state index contributed by atoms with van der Waals surface area (Å²) in [7, 11) is 0. The lowest BCUT2D eigenvalue weighted by atomic mass is 9.89. The smallest absolute Gasteiger partial charge is 0.0727 e. The van der Waals surface area contributed by atoms with Crippen molar-refractivity contribution in [3.63, 3.8) is 0 Å². The van der Waals surface area contributed by atoms with Crippen molar-refractivity contribution in [3.8, 4) is 0 Å². The lowest BCUT2D eigenvalue weighted by Crippen LogP contribution is -2.46. The van der Waals surface area contributed by atoms with Crippen molar-refractivity contribution in [3.05, 3.63) is 0 Å². The maximum absolute atomic E-state index is 6.09. The SMILES string of the molecule is CCCCCCCCCCCCOC1CCC(N)CC1N. The molecule has 3 heteroatoms. The first-order valence-corrected chi connectivity index (χ1v) is 9.36. The first kappa shape index (κ1) is 18.9. The van der Waals surface area contributed by atoms with Crippen molar-refractivity contribution >= 4 is 0 Å². The van der Waals surface area contributed by atoms with Crippen LogP contribution in [0.3, 0.4) is 0 Å². The molecule has 1 aliphatic rings. The summed E-state index contributed by atoms with van der Waals surface area (Å²) in [5, 5.41) is 0. The summed E-state index contributed by atoms with van der Waals surface area (Å²) in [5.41, 5.74) is 12.0. The van der Waals surface area contributed by atoms with Crippen molar-refractivity contribution in [1.82, 2.24) is 0 Å². The second-order valence-electron chi connectivity index (χ2n) is 6.83. The zero-order valence-electron chi connectivity index (χ0n) is 14.2. The Hall–Kier alpha value is -0.120. The third-order valence-electron chi connectivity index (χ3n) is 4.70. The van der Waals surface area contributed by atoms with Crippen molar-refractivity contribution in [2.24, 2.45) is 11.5 Å². The summed E-state index contributed by atoms with van der Waals surface area (Å²) >= 11 is 0. The number of hydrogen-bond donors (Lipinski definition) is 2. The van der Waals surface area contributed by atoms with Gasteiger partial charge in [0.1, 0.15) is 0 Å². The molecule has 0 aromatic rings. The Kier molecular flexibility index (Phi) is 11.2. The van der Waals surface area contributed by atoms with Crippen molar-refractivity contribution < 1.29 is 4.74 Å². The van der Waals surface area contributed by atoms with E-state index in [1.54, 1.807) is 0 Å². The molecule has 3 unspecified atom stereocenters. The lowest BCUT2D eigenvalue weighted by molar-refractivity contribution is 0.00978. The maximum atomic E-state index is 6.09. The molecule has 0 radical (unpaired) electrons. The third-order valence-corrected chi connectivity index (χ3v) is 4.70. The van der Waals surface area contributed by atoms with E-state index in [0.717, 1.165) is 25.9 Å². The summed E-state index contributed by atoms with van der Waals surface area (Å²) in [6.45, 7) is 3.15. The van der Waals surface area contributed by atoms with Crippen LogP contribution < -0.4 is 11.5 Å². The molecule has 0 spiro atoms. The molecule has 0 aromatic heterocycles. The van der Waals surface area contributed by atoms with E-state index in [9.17, 15) is 0 Å². The van der Waals surface area contributed by atoms with Crippen LogP contribution >= 0.6 is 0 Å². The molecule has 126 valence electrons. The van der Waals surface area contributed by atoms with Crippen LogP contribution in [0.1, 0.15) is 90.4 Å². The summed E-state index contributed by atoms with van der Waals surface area (Å²) in [4.78, 5) is 0. The largest absolute Gasteiger partial charge is 0.377 e. The predicted molar refractivity (Wildman–Crippen MR) is 91.4 cm³/mol. The van der Waals surface area contributed by atoms with Gasteiger partial charge in [0.25, 0.3) is 0 Å². The minimum atomic E-state index is 0.150. The average Bonchev–Trinajstić information content (AvgIpc) is 2.46. The van der Waals surface area contributed by atoms with E-state index in [2.05, 4.69) is 6.92 Å². The van der Waals surface area contributed by atoms with Crippen LogP contribution in [0.25, 0.3) is 0 Å². The topological polar surface area (TPSA) is 61.3 Å². The van der Waals surface area contributed by atoms with Crippen LogP contribution in [0.15, 0.2) is 0 Å². The number of rotatable bonds is 12. The van der Waals surface area contributed by atoms with E-state index in [4.69, 9.17) is 16.2 Å². The van der Waals surface area contributed by atoms with Gasteiger partial charge < -0.3 is 16.2 Å². The van der Waals surface area contributed by atoms with Gasteiger partial charge >= 0.3 is 0 Å². The Bertz CT molecular complexity index is 235. The van der Waals surface area contributed by atoms with Crippen LogP contribution in [0, 0.1) is 0 Å². The molecule has 0 bridgehead atoms. The van der Waals surface area contributed by atoms with Gasteiger partial charge in [-0.3, -0.25) is 0 Å². The quantitative estimate of drug-likeness (QED) is 0.532. The second kappa shape index (κ2) is 12.4. The number of unbranched alkanes of at least 4 members (excludes halogenated alkanes) is 9. The van der Waals surface area contributed by atoms with Gasteiger partial charge in [-0.05, 0) is 25.7 Å². The summed E-state index contributed by atoms with van der Waals surface area (Å²) in [5.74, 6) is 0. The molecule has 1 fully saturated rings. The molecule has 21 heavy (non-hydrogen) atoms. The Morgan fingerprint density at radius 2 is 1.38 bits per heavy atom. The van der Waals surface area contributed by atoms with Crippen molar-refractivity contribution in [2.45, 2.75) is 109 Å². The third kappa shape index (κ3) is 9.49. The highest BCUT2D eigenvalue weighted by atomic mass is 16.5. The molecule has 1 saturated carbocycles. The van der Waals surface area contributed by atoms with Crippen LogP contribution in [0.4, 0.5) is 0 Å². The normalized spacial score (nSPS) is 26.1. The fraction of sp³-hybridized carbons (Fsp3) is 1.00. The fourth-order valence-corrected chi connectivity index (χ4v) is 3.24. The van der Waals surface area contributed by atoms with Gasteiger partial charge in [0, 0.05) is 18.7 Å². The van der Waals surface area contributed by atoms with Gasteiger partial charge in [0.05, 0.1) is 6.10 Å². The highest BCUT2D eigenvalue weighted by Gasteiger charge is 2.26. The highest BCUT2D eigenvalue weighted by molar-refractivity contribution is 4.85. The van der Waals surface area contributed by atoms with Gasteiger partial charge in [0.15, 0.2) is 0 Å². The zero-order valence-corrected chi connectivity index (χ0v) is 14.2. The Morgan fingerprint density at radius 1 is 0.810 bits per heavy atom. The van der Waals surface area contributed by atoms with Gasteiger partial charge in [-0.25, -0.2) is 0 Å². The molecular weight excluding hydrogens is 260 g/mol. The summed E-state index contributed by atoms with van der Waals surface area (Å²) in [6.07, 6.45) is 17.0. The molecule has 1 rings (SSSR count). The van der Waals surface area contributed by atoms with Gasteiger partial charge in [-0.1, -0.05) is 64.7 Å². The first-order valence-electron chi connectivity index (χ1n) is 9.36. The van der Waals surface area contributed by atoms with Crippen LogP contribution in [0.5, 0.6) is 0 Å². The monoisotopic (exact) mass is 298 g/mol. The number of ether oxygens (including phenoxy) is 1. The summed E-state index contributed by atoms with van der Waals surface area (Å²) in [6, 6.07) is 0.439. The van der Waals surface area contributed by atoms with Crippen LogP contribution in [-0.4, -0.2) is 24.8 Å². The minimum Gasteiger partial charge on any atom is -0.377 e. The summed E-state index contributed by atoms with van der Waals surface area (Å²) < 4.78 is 5.93. The number of nitrogens with two attached hydrogens (primary N) is 2. The van der Waals surface area contributed by atoms with E-state index < -0.39 is 0 Å². The maximum Gasteiger partial charge on any atom is 0.0727 e. The van der Waals surface area contributed by atoms with Crippen molar-refractivity contribution in [1.29, 1.82) is 0 Å². The van der Waals surface area contributed by atoms with E-state index in [0.29, 0.717) is 0 Å². The minimum absolute atomic E-state index is 0.150. The molecule has 0 saturated heterocycles. The molecule has 3 nitrogen and oxygen atoms in total. The van der Waals surface area contributed by atoms with Crippen LogP contribution in [-0.2, 0) is 4.74 Å². The molecule has 0 aromatic carbocycles. The fourth-order valence-electron chi connectivity index (χ4n) is 3.24. The van der Waals surface area contributed by atoms with Crippen molar-refractivity contribution in [2.75, 3.05) is 6.61 Å². The molecule has 0 amide bonds. The van der Waals surface area contributed by atoms with E-state index in [-0.39, 0.29) is 18.2 Å². The van der Waals surface area contributed by atoms with Crippen LogP contribution in [0.2, 0.25) is 0 Å². The average molecular weight is 299 g/mol. The molecule has 4 N–H and O–H groups in total. The number of hydrogen-bond acceptors (Lipinski definition) is 3. The standard InChI is InChI=1S/C18H38N2O/c1-2-3-4-5-6-7-8-9-10-11-14-21-18-13-12-16(19)15-17(18)20/h16-18H,2-15,19-20H2,1H3. The lowest BCUT2D eigenvalue weighted by Gasteiger charge is -2.32. The zero-order chi connectivity index (χ0) is 15.3. The predicted octanol–water partition coefficient (Wildman–Crippen LogP) is 4.13. The molecule has 1 aliphatic carbocycles. The van der Waals surface area contributed by atoms with Gasteiger partial charge in [-0.2, -0.15) is 0 Å². The second-order valence-corrected chi connectivity index (χ2v) is 6.83. The van der Waals surface area contributed by atoms with Gasteiger partial charge in [0.2, 0.25) is 0 Å². The molecule has 3 atom stereocenters.